The molecule has 352 valence electrons. The smallest absolute Gasteiger partial charge is 0.136 e. The third kappa shape index (κ3) is 7.24. The second-order valence-corrected chi connectivity index (χ2v) is 19.7. The van der Waals surface area contributed by atoms with Crippen molar-refractivity contribution in [2.45, 2.75) is 32.2 Å². The third-order valence-corrected chi connectivity index (χ3v) is 15.6. The van der Waals surface area contributed by atoms with Crippen LogP contribution in [-0.4, -0.2) is 16.4 Å². The van der Waals surface area contributed by atoms with Crippen LogP contribution < -0.4 is 5.32 Å². The Labute approximate surface area is 430 Å². The third-order valence-electron chi connectivity index (χ3n) is 15.6. The number of rotatable bonds is 9. The van der Waals surface area contributed by atoms with Crippen LogP contribution in [0, 0.1) is 6.92 Å². The summed E-state index contributed by atoms with van der Waals surface area (Å²) in [7, 11) is 0. The first-order chi connectivity index (χ1) is 36.6. The highest BCUT2D eigenvalue weighted by atomic mass is 16.3. The predicted octanol–water partition coefficient (Wildman–Crippen LogP) is 18.2. The van der Waals surface area contributed by atoms with Crippen molar-refractivity contribution in [3.05, 3.63) is 265 Å². The zero-order valence-electron chi connectivity index (χ0n) is 41.3. The van der Waals surface area contributed by atoms with E-state index in [1.54, 1.807) is 0 Å². The summed E-state index contributed by atoms with van der Waals surface area (Å²) in [6, 6.07) is 79.4. The highest BCUT2D eigenvalue weighted by Crippen LogP contribution is 2.44. The molecule has 0 saturated carbocycles. The quantitative estimate of drug-likeness (QED) is 0.157. The molecule has 74 heavy (non-hydrogen) atoms. The number of allylic oxidation sites excluding steroid dienone is 2. The maximum atomic E-state index is 6.67. The molecule has 0 saturated heterocycles. The first kappa shape index (κ1) is 43.5. The van der Waals surface area contributed by atoms with Gasteiger partial charge in [0.1, 0.15) is 17.0 Å². The van der Waals surface area contributed by atoms with Crippen LogP contribution in [0.25, 0.3) is 110 Å². The maximum Gasteiger partial charge on any atom is 0.136 e. The van der Waals surface area contributed by atoms with Gasteiger partial charge in [0.15, 0.2) is 0 Å². The van der Waals surface area contributed by atoms with E-state index in [1.165, 1.54) is 71.5 Å². The van der Waals surface area contributed by atoms with Crippen LogP contribution >= 0.6 is 0 Å². The molecule has 1 N–H and O–H groups in total. The number of aliphatic imine (C=N–C) groups is 1. The van der Waals surface area contributed by atoms with Gasteiger partial charge in [-0.15, -0.1) is 0 Å². The van der Waals surface area contributed by atoms with Crippen LogP contribution in [0.1, 0.15) is 36.0 Å². The number of aryl methyl sites for hydroxylation is 1. The van der Waals surface area contributed by atoms with E-state index in [1.807, 2.05) is 0 Å². The Balaban J connectivity index is 0.902. The molecule has 3 heterocycles. The molecule has 12 aromatic rings. The number of aromatic nitrogens is 1. The van der Waals surface area contributed by atoms with Crippen molar-refractivity contribution in [2.24, 2.45) is 4.99 Å². The lowest BCUT2D eigenvalue weighted by atomic mass is 9.83. The molecule has 0 radical (unpaired) electrons. The number of amidine groups is 1. The molecule has 2 atom stereocenters. The number of nitrogens with zero attached hydrogens (tertiary/aromatic N) is 2. The van der Waals surface area contributed by atoms with Crippen LogP contribution in [0.15, 0.2) is 258 Å². The summed E-state index contributed by atoms with van der Waals surface area (Å²) >= 11 is 0. The molecular formula is C70H51N3O. The summed E-state index contributed by atoms with van der Waals surface area (Å²) in [5.41, 5.74) is 20.5. The molecule has 0 bridgehead atoms. The number of hydrogen-bond donors (Lipinski definition) is 1. The maximum absolute atomic E-state index is 6.67. The first-order valence-corrected chi connectivity index (χ1v) is 25.8. The van der Waals surface area contributed by atoms with Crippen LogP contribution in [0.2, 0.25) is 0 Å². The largest absolute Gasteiger partial charge is 0.456 e. The van der Waals surface area contributed by atoms with Gasteiger partial charge in [-0.05, 0) is 134 Å². The van der Waals surface area contributed by atoms with Gasteiger partial charge in [0.25, 0.3) is 0 Å². The fourth-order valence-corrected chi connectivity index (χ4v) is 11.9. The summed E-state index contributed by atoms with van der Waals surface area (Å²) in [5, 5.41) is 11.1. The van der Waals surface area contributed by atoms with Crippen LogP contribution in [0.3, 0.4) is 0 Å². The summed E-state index contributed by atoms with van der Waals surface area (Å²) in [6.07, 6.45) is 9.61. The fourth-order valence-electron chi connectivity index (χ4n) is 11.9. The van der Waals surface area contributed by atoms with E-state index in [4.69, 9.17) is 9.41 Å². The molecule has 2 aromatic heterocycles. The van der Waals surface area contributed by atoms with Gasteiger partial charge >= 0.3 is 0 Å². The minimum absolute atomic E-state index is 0.00785. The lowest BCUT2D eigenvalue weighted by Gasteiger charge is -2.32. The molecule has 4 heteroatoms. The molecule has 2 unspecified atom stereocenters. The molecule has 0 amide bonds. The topological polar surface area (TPSA) is 42.5 Å². The van der Waals surface area contributed by atoms with Gasteiger partial charge in [-0.3, -0.25) is 0 Å². The number of nitrogens with one attached hydrogen (secondary N) is 1. The Morgan fingerprint density at radius 3 is 2.05 bits per heavy atom. The van der Waals surface area contributed by atoms with Gasteiger partial charge in [0.2, 0.25) is 0 Å². The molecule has 1 aliphatic heterocycles. The van der Waals surface area contributed by atoms with E-state index in [-0.39, 0.29) is 12.0 Å². The predicted molar refractivity (Wildman–Crippen MR) is 311 cm³/mol. The molecule has 2 aliphatic rings. The van der Waals surface area contributed by atoms with E-state index < -0.39 is 0 Å². The molecular weight excluding hydrogens is 899 g/mol. The Kier molecular flexibility index (Phi) is 10.5. The van der Waals surface area contributed by atoms with Crippen molar-refractivity contribution in [2.75, 3.05) is 0 Å². The first-order valence-electron chi connectivity index (χ1n) is 25.8. The number of para-hydroxylation sites is 2. The average molecular weight is 950 g/mol. The number of benzene rings is 10. The Bertz CT molecular complexity index is 4320. The Hall–Kier alpha value is -9.25. The summed E-state index contributed by atoms with van der Waals surface area (Å²) in [4.78, 5) is 5.60. The van der Waals surface area contributed by atoms with Crippen LogP contribution in [-0.2, 0) is 0 Å². The molecule has 10 aromatic carbocycles. The summed E-state index contributed by atoms with van der Waals surface area (Å²) < 4.78 is 9.05. The molecule has 0 fully saturated rings. The van der Waals surface area contributed by atoms with Gasteiger partial charge in [-0.2, -0.15) is 0 Å². The van der Waals surface area contributed by atoms with Crippen molar-refractivity contribution in [3.8, 4) is 50.2 Å². The zero-order chi connectivity index (χ0) is 49.3. The molecule has 0 spiro atoms. The van der Waals surface area contributed by atoms with Crippen molar-refractivity contribution in [1.82, 2.24) is 9.88 Å². The second kappa shape index (κ2) is 17.8. The lowest BCUT2D eigenvalue weighted by Crippen LogP contribution is -2.41. The van der Waals surface area contributed by atoms with Gasteiger partial charge in [-0.25, -0.2) is 4.99 Å². The van der Waals surface area contributed by atoms with E-state index in [0.29, 0.717) is 0 Å². The van der Waals surface area contributed by atoms with Gasteiger partial charge in [-0.1, -0.05) is 195 Å². The standard InChI is InChI=1S/C70H51N3O/c1-3-53(70-71-63-26-14-12-24-59(63)69(72-70)48-31-29-46(30-32-48)45-17-6-4-7-18-45)57-38-34-49(41-60(57)55-37-33-47-19-10-11-22-54(47)44(55)2)50-36-40-66-62(42-50)68-56(25-16-28-67(68)74-66)51-35-39-65-61(43-51)58-23-13-15-27-64(58)73(65)52-20-8-5-9-21-52/h4-43,53,63H,3H2,1-2H3,(H,71,72). The van der Waals surface area contributed by atoms with Crippen molar-refractivity contribution < 1.29 is 4.42 Å². The van der Waals surface area contributed by atoms with E-state index in [2.05, 4.69) is 266 Å². The second-order valence-electron chi connectivity index (χ2n) is 19.7. The summed E-state index contributed by atoms with van der Waals surface area (Å²) in [5.74, 6) is 0.976. The Morgan fingerprint density at radius 1 is 0.514 bits per heavy atom. The molecule has 4 nitrogen and oxygen atoms in total. The number of furan rings is 1. The van der Waals surface area contributed by atoms with Crippen molar-refractivity contribution >= 4 is 66.0 Å². The van der Waals surface area contributed by atoms with Gasteiger partial charge in [0.05, 0.1) is 22.8 Å². The normalized spacial score (nSPS) is 14.8. The summed E-state index contributed by atoms with van der Waals surface area (Å²) in [6.45, 7) is 4.57. The zero-order valence-corrected chi connectivity index (χ0v) is 41.3. The van der Waals surface area contributed by atoms with Crippen LogP contribution in [0.5, 0.6) is 0 Å². The van der Waals surface area contributed by atoms with Crippen molar-refractivity contribution in [1.29, 1.82) is 0 Å². The minimum atomic E-state index is -0.00807. The molecule has 1 aliphatic carbocycles. The highest BCUT2D eigenvalue weighted by molar-refractivity contribution is 6.16. The molecule has 14 rings (SSSR count). The lowest BCUT2D eigenvalue weighted by molar-refractivity contribution is 0.669. The van der Waals surface area contributed by atoms with E-state index >= 15 is 0 Å². The number of hydrogen-bond acceptors (Lipinski definition) is 3. The monoisotopic (exact) mass is 949 g/mol. The highest BCUT2D eigenvalue weighted by Gasteiger charge is 2.30. The van der Waals surface area contributed by atoms with Crippen LogP contribution in [0.4, 0.5) is 0 Å². The SMILES string of the molecule is CCC(C1=NC(c2ccc(-c3ccccc3)cc2)=C2C=CC=CC2N1)c1ccc(-c2ccc3oc4cccc(-c5ccc6c(c5)c5ccccc5n6-c5ccccc5)c4c3c2)cc1-c1ccc2ccccc2c1C. The van der Waals surface area contributed by atoms with Gasteiger partial charge in [0, 0.05) is 44.3 Å². The number of fused-ring (bicyclic) bond motifs is 8. The van der Waals surface area contributed by atoms with E-state index in [9.17, 15) is 0 Å². The minimum Gasteiger partial charge on any atom is -0.456 e. The van der Waals surface area contributed by atoms with E-state index in [0.717, 1.165) is 73.4 Å². The fraction of sp³-hybridized carbons (Fsp3) is 0.0714. The van der Waals surface area contributed by atoms with Gasteiger partial charge < -0.3 is 14.3 Å². The van der Waals surface area contributed by atoms with Crippen molar-refractivity contribution in [3.63, 3.8) is 0 Å². The Morgan fingerprint density at radius 2 is 1.20 bits per heavy atom. The average Bonchev–Trinajstić information content (AvgIpc) is 4.01.